The van der Waals surface area contributed by atoms with E-state index in [-0.39, 0.29) is 5.60 Å². The van der Waals surface area contributed by atoms with Crippen LogP contribution >= 0.6 is 22.4 Å². The largest absolute Gasteiger partial charge is 0.375 e. The molecule has 0 aromatic heterocycles. The number of halogens is 1. The smallest absolute Gasteiger partial charge is 0.235 e. The molecule has 0 aromatic rings. The molecule has 1 atom stereocenters. The highest BCUT2D eigenvalue weighted by Crippen LogP contribution is 2.39. The molecular weight excluding hydrogens is 256 g/mol. The number of rotatable bonds is 1. The van der Waals surface area contributed by atoms with Crippen molar-refractivity contribution in [3.8, 4) is 0 Å². The van der Waals surface area contributed by atoms with Crippen molar-refractivity contribution in [2.45, 2.75) is 36.5 Å². The van der Waals surface area contributed by atoms with Gasteiger partial charge in [-0.25, -0.2) is 8.42 Å². The van der Waals surface area contributed by atoms with Gasteiger partial charge in [0.15, 0.2) is 0 Å². The van der Waals surface area contributed by atoms with Gasteiger partial charge in [-0.15, -0.1) is 0 Å². The molecule has 1 spiro atoms. The molecule has 2 saturated heterocycles. The van der Waals surface area contributed by atoms with Crippen LogP contribution in [0.2, 0.25) is 0 Å². The van der Waals surface area contributed by atoms with Gasteiger partial charge in [-0.3, -0.25) is 0 Å². The lowest BCUT2D eigenvalue weighted by molar-refractivity contribution is -0.0811. The van der Waals surface area contributed by atoms with Crippen LogP contribution in [-0.2, 0) is 13.8 Å². The van der Waals surface area contributed by atoms with E-state index in [1.54, 1.807) is 0 Å². The summed E-state index contributed by atoms with van der Waals surface area (Å²) in [5.41, 5.74) is -0.198. The van der Waals surface area contributed by atoms with E-state index in [9.17, 15) is 8.42 Å². The molecule has 0 aliphatic carbocycles. The van der Waals surface area contributed by atoms with E-state index >= 15 is 0 Å². The SMILES string of the molecule is O=S(=O)(Cl)C1CCOC2(CCSCC2)C1. The van der Waals surface area contributed by atoms with Crippen LogP contribution in [0.4, 0.5) is 0 Å². The van der Waals surface area contributed by atoms with Gasteiger partial charge in [0.1, 0.15) is 0 Å². The Kier molecular flexibility index (Phi) is 3.55. The molecule has 2 heterocycles. The molecule has 6 heteroatoms. The summed E-state index contributed by atoms with van der Waals surface area (Å²) in [6.45, 7) is 0.529. The zero-order valence-corrected chi connectivity index (χ0v) is 10.8. The van der Waals surface area contributed by atoms with Gasteiger partial charge in [0.2, 0.25) is 9.05 Å². The first kappa shape index (κ1) is 12.0. The minimum atomic E-state index is -3.42. The maximum absolute atomic E-state index is 11.3. The van der Waals surface area contributed by atoms with E-state index in [2.05, 4.69) is 0 Å². The second-order valence-electron chi connectivity index (χ2n) is 4.23. The number of ether oxygens (including phenoxy) is 1. The van der Waals surface area contributed by atoms with Crippen LogP contribution in [0.3, 0.4) is 0 Å². The monoisotopic (exact) mass is 270 g/mol. The highest BCUT2D eigenvalue weighted by Gasteiger charge is 2.42. The molecule has 0 aromatic carbocycles. The molecule has 0 saturated carbocycles. The summed E-state index contributed by atoms with van der Waals surface area (Å²) in [4.78, 5) is 0. The molecule has 88 valence electrons. The molecule has 2 rings (SSSR count). The first-order valence-electron chi connectivity index (χ1n) is 5.17. The topological polar surface area (TPSA) is 43.4 Å². The van der Waals surface area contributed by atoms with Crippen LogP contribution < -0.4 is 0 Å². The molecule has 0 amide bonds. The minimum absolute atomic E-state index is 0.198. The summed E-state index contributed by atoms with van der Waals surface area (Å²) in [7, 11) is 2.01. The molecule has 2 fully saturated rings. The van der Waals surface area contributed by atoms with Gasteiger partial charge in [0.25, 0.3) is 0 Å². The average Bonchev–Trinajstić information content (AvgIpc) is 2.18. The Balaban J connectivity index is 2.09. The highest BCUT2D eigenvalue weighted by molar-refractivity contribution is 8.14. The molecular formula is C9H15ClO3S2. The molecule has 0 radical (unpaired) electrons. The molecule has 0 N–H and O–H groups in total. The van der Waals surface area contributed by atoms with Crippen LogP contribution in [0.1, 0.15) is 25.7 Å². The predicted molar refractivity (Wildman–Crippen MR) is 63.0 cm³/mol. The second kappa shape index (κ2) is 4.43. The summed E-state index contributed by atoms with van der Waals surface area (Å²) in [6.07, 6.45) is 3.04. The quantitative estimate of drug-likeness (QED) is 0.684. The lowest BCUT2D eigenvalue weighted by Gasteiger charge is -2.42. The van der Waals surface area contributed by atoms with Gasteiger partial charge < -0.3 is 4.74 Å². The van der Waals surface area contributed by atoms with Gasteiger partial charge in [0.05, 0.1) is 10.9 Å². The lowest BCUT2D eigenvalue weighted by Crippen LogP contribution is -2.45. The van der Waals surface area contributed by atoms with Crippen LogP contribution in [0.5, 0.6) is 0 Å². The molecule has 15 heavy (non-hydrogen) atoms. The van der Waals surface area contributed by atoms with Gasteiger partial charge in [-0.05, 0) is 37.2 Å². The van der Waals surface area contributed by atoms with Crippen LogP contribution in [-0.4, -0.2) is 37.4 Å². The van der Waals surface area contributed by atoms with E-state index in [1.165, 1.54) is 0 Å². The van der Waals surface area contributed by atoms with Crippen LogP contribution in [0.15, 0.2) is 0 Å². The van der Waals surface area contributed by atoms with E-state index in [0.717, 1.165) is 24.3 Å². The second-order valence-corrected chi connectivity index (χ2v) is 8.37. The molecule has 1 unspecified atom stereocenters. The Bertz CT molecular complexity index is 317. The van der Waals surface area contributed by atoms with Gasteiger partial charge in [0, 0.05) is 17.3 Å². The standard InChI is InChI=1S/C9H15ClO3S2/c10-15(11,12)8-1-4-13-9(7-8)2-5-14-6-3-9/h8H,1-7H2. The minimum Gasteiger partial charge on any atom is -0.375 e. The van der Waals surface area contributed by atoms with E-state index in [1.807, 2.05) is 11.8 Å². The van der Waals surface area contributed by atoms with Crippen molar-refractivity contribution < 1.29 is 13.2 Å². The van der Waals surface area contributed by atoms with E-state index in [0.29, 0.717) is 19.4 Å². The number of hydrogen-bond donors (Lipinski definition) is 0. The Labute approximate surface area is 99.3 Å². The first-order chi connectivity index (χ1) is 7.02. The fourth-order valence-electron chi connectivity index (χ4n) is 2.31. The van der Waals surface area contributed by atoms with Crippen molar-refractivity contribution in [1.82, 2.24) is 0 Å². The maximum atomic E-state index is 11.3. The summed E-state index contributed by atoms with van der Waals surface area (Å²) in [5.74, 6) is 2.13. The summed E-state index contributed by atoms with van der Waals surface area (Å²) < 4.78 is 28.4. The van der Waals surface area contributed by atoms with Crippen molar-refractivity contribution in [2.75, 3.05) is 18.1 Å². The third-order valence-corrected chi connectivity index (χ3v) is 6.19. The lowest BCUT2D eigenvalue weighted by atomic mass is 9.88. The zero-order chi connectivity index (χ0) is 10.9. The highest BCUT2D eigenvalue weighted by atomic mass is 35.7. The number of hydrogen-bond acceptors (Lipinski definition) is 4. The van der Waals surface area contributed by atoms with E-state index in [4.69, 9.17) is 15.4 Å². The zero-order valence-electron chi connectivity index (χ0n) is 8.45. The average molecular weight is 271 g/mol. The third-order valence-electron chi connectivity index (χ3n) is 3.25. The first-order valence-corrected chi connectivity index (χ1v) is 8.70. The van der Waals surface area contributed by atoms with Gasteiger partial charge in [-0.2, -0.15) is 11.8 Å². The number of thioether (sulfide) groups is 1. The van der Waals surface area contributed by atoms with E-state index < -0.39 is 14.3 Å². The summed E-state index contributed by atoms with van der Waals surface area (Å²) in [5, 5.41) is -0.406. The van der Waals surface area contributed by atoms with Gasteiger partial charge >= 0.3 is 0 Å². The van der Waals surface area contributed by atoms with Crippen LogP contribution in [0, 0.1) is 0 Å². The summed E-state index contributed by atoms with van der Waals surface area (Å²) in [6, 6.07) is 0. The van der Waals surface area contributed by atoms with Crippen molar-refractivity contribution in [3.05, 3.63) is 0 Å². The molecule has 3 nitrogen and oxygen atoms in total. The Hall–Kier alpha value is 0.550. The predicted octanol–water partition coefficient (Wildman–Crippen LogP) is 2.00. The third kappa shape index (κ3) is 2.81. The Morgan fingerprint density at radius 2 is 2.00 bits per heavy atom. The fraction of sp³-hybridized carbons (Fsp3) is 1.00. The Morgan fingerprint density at radius 1 is 1.33 bits per heavy atom. The Morgan fingerprint density at radius 3 is 2.60 bits per heavy atom. The molecule has 2 aliphatic heterocycles. The fourth-order valence-corrected chi connectivity index (χ4v) is 4.89. The van der Waals surface area contributed by atoms with Crippen molar-refractivity contribution >= 4 is 31.5 Å². The molecule has 2 aliphatic rings. The van der Waals surface area contributed by atoms with Crippen molar-refractivity contribution in [3.63, 3.8) is 0 Å². The summed E-state index contributed by atoms with van der Waals surface area (Å²) >= 11 is 1.91. The van der Waals surface area contributed by atoms with Crippen molar-refractivity contribution in [1.29, 1.82) is 0 Å². The normalized spacial score (nSPS) is 31.7. The van der Waals surface area contributed by atoms with Gasteiger partial charge in [-0.1, -0.05) is 0 Å². The van der Waals surface area contributed by atoms with Crippen LogP contribution in [0.25, 0.3) is 0 Å². The van der Waals surface area contributed by atoms with Crippen molar-refractivity contribution in [2.24, 2.45) is 0 Å². The maximum Gasteiger partial charge on any atom is 0.235 e. The molecule has 0 bridgehead atoms.